The maximum atomic E-state index is 11.4. The van der Waals surface area contributed by atoms with Gasteiger partial charge in [0.25, 0.3) is 0 Å². The van der Waals surface area contributed by atoms with E-state index in [1.54, 1.807) is 7.11 Å². The largest absolute Gasteiger partial charge is 0.381 e. The van der Waals surface area contributed by atoms with Crippen LogP contribution in [0.2, 0.25) is 0 Å². The maximum Gasteiger partial charge on any atom is 0.211 e. The molecule has 1 fully saturated rings. The van der Waals surface area contributed by atoms with Crippen molar-refractivity contribution in [2.24, 2.45) is 0 Å². The third-order valence-corrected chi connectivity index (χ3v) is 4.18. The summed E-state index contributed by atoms with van der Waals surface area (Å²) in [5.41, 5.74) is 0. The molecule has 1 saturated carbocycles. The van der Waals surface area contributed by atoms with E-state index in [1.807, 2.05) is 6.92 Å². The van der Waals surface area contributed by atoms with E-state index in [0.29, 0.717) is 6.42 Å². The van der Waals surface area contributed by atoms with Crippen LogP contribution in [0.3, 0.4) is 0 Å². The normalized spacial score (nSPS) is 28.1. The maximum absolute atomic E-state index is 11.4. The summed E-state index contributed by atoms with van der Waals surface area (Å²) in [7, 11) is -1.38. The lowest BCUT2D eigenvalue weighted by atomic mass is 10.3. The van der Waals surface area contributed by atoms with Gasteiger partial charge in [-0.1, -0.05) is 6.92 Å². The predicted octanol–water partition coefficient (Wildman–Crippen LogP) is 0.883. The SMILES string of the molecule is CCCS(=O)(=O)NC1CCC(OC)C1. The Morgan fingerprint density at radius 2 is 2.14 bits per heavy atom. The van der Waals surface area contributed by atoms with Crippen LogP contribution in [0.1, 0.15) is 32.6 Å². The van der Waals surface area contributed by atoms with Crippen molar-refractivity contribution in [3.05, 3.63) is 0 Å². The highest BCUT2D eigenvalue weighted by molar-refractivity contribution is 7.89. The quantitative estimate of drug-likeness (QED) is 0.750. The number of sulfonamides is 1. The molecule has 0 bridgehead atoms. The van der Waals surface area contributed by atoms with E-state index >= 15 is 0 Å². The third kappa shape index (κ3) is 3.55. The van der Waals surface area contributed by atoms with Crippen LogP contribution >= 0.6 is 0 Å². The van der Waals surface area contributed by atoms with E-state index in [0.717, 1.165) is 19.3 Å². The molecule has 0 radical (unpaired) electrons. The monoisotopic (exact) mass is 221 g/mol. The lowest BCUT2D eigenvalue weighted by Gasteiger charge is -2.12. The molecule has 0 aromatic rings. The minimum absolute atomic E-state index is 0.0801. The van der Waals surface area contributed by atoms with Crippen LogP contribution in [0.4, 0.5) is 0 Å². The second-order valence-electron chi connectivity index (χ2n) is 3.80. The molecule has 0 aromatic carbocycles. The molecule has 2 unspecified atom stereocenters. The van der Waals surface area contributed by atoms with Crippen molar-refractivity contribution in [1.82, 2.24) is 4.72 Å². The Kier molecular flexibility index (Phi) is 4.34. The first-order valence-electron chi connectivity index (χ1n) is 5.10. The standard InChI is InChI=1S/C9H19NO3S/c1-3-6-14(11,12)10-8-4-5-9(7-8)13-2/h8-10H,3-7H2,1-2H3. The van der Waals surface area contributed by atoms with Gasteiger partial charge in [-0.3, -0.25) is 0 Å². The van der Waals surface area contributed by atoms with Crippen molar-refractivity contribution in [1.29, 1.82) is 0 Å². The van der Waals surface area contributed by atoms with Gasteiger partial charge in [0.05, 0.1) is 11.9 Å². The first-order chi connectivity index (χ1) is 6.57. The highest BCUT2D eigenvalue weighted by atomic mass is 32.2. The molecule has 0 heterocycles. The fourth-order valence-corrected chi connectivity index (χ4v) is 3.22. The molecule has 0 aromatic heterocycles. The summed E-state index contributed by atoms with van der Waals surface area (Å²) in [6.45, 7) is 1.87. The van der Waals surface area contributed by atoms with Crippen LogP contribution in [0.25, 0.3) is 0 Å². The molecule has 1 rings (SSSR count). The molecule has 0 spiro atoms. The molecular weight excluding hydrogens is 202 g/mol. The summed E-state index contributed by atoms with van der Waals surface area (Å²) in [5.74, 6) is 0.223. The van der Waals surface area contributed by atoms with Crippen LogP contribution in [-0.2, 0) is 14.8 Å². The van der Waals surface area contributed by atoms with Gasteiger partial charge in [-0.25, -0.2) is 13.1 Å². The van der Waals surface area contributed by atoms with Crippen LogP contribution in [0.5, 0.6) is 0 Å². The topological polar surface area (TPSA) is 55.4 Å². The average Bonchev–Trinajstić information content (AvgIpc) is 2.51. The Morgan fingerprint density at radius 3 is 2.64 bits per heavy atom. The van der Waals surface area contributed by atoms with E-state index < -0.39 is 10.0 Å². The zero-order valence-electron chi connectivity index (χ0n) is 8.82. The highest BCUT2D eigenvalue weighted by Crippen LogP contribution is 2.21. The smallest absolute Gasteiger partial charge is 0.211 e. The molecular formula is C9H19NO3S. The van der Waals surface area contributed by atoms with Gasteiger partial charge in [0.15, 0.2) is 0 Å². The van der Waals surface area contributed by atoms with Crippen LogP contribution in [0, 0.1) is 0 Å². The summed E-state index contributed by atoms with van der Waals surface area (Å²) < 4.78 is 30.8. The minimum Gasteiger partial charge on any atom is -0.381 e. The van der Waals surface area contributed by atoms with Crippen LogP contribution < -0.4 is 4.72 Å². The summed E-state index contributed by atoms with van der Waals surface area (Å²) in [6, 6.07) is 0.0801. The van der Waals surface area contributed by atoms with E-state index in [-0.39, 0.29) is 17.9 Å². The zero-order chi connectivity index (χ0) is 10.6. The molecule has 14 heavy (non-hydrogen) atoms. The summed E-state index contributed by atoms with van der Waals surface area (Å²) in [4.78, 5) is 0. The Morgan fingerprint density at radius 1 is 1.43 bits per heavy atom. The Balaban J connectivity index is 2.39. The van der Waals surface area contributed by atoms with Gasteiger partial charge >= 0.3 is 0 Å². The molecule has 5 heteroatoms. The molecule has 1 N–H and O–H groups in total. The minimum atomic E-state index is -3.05. The number of hydrogen-bond acceptors (Lipinski definition) is 3. The summed E-state index contributed by atoms with van der Waals surface area (Å²) in [5, 5.41) is 0. The van der Waals surface area contributed by atoms with Crippen molar-refractivity contribution < 1.29 is 13.2 Å². The van der Waals surface area contributed by atoms with Gasteiger partial charge in [0.1, 0.15) is 0 Å². The summed E-state index contributed by atoms with van der Waals surface area (Å²) in [6.07, 6.45) is 3.54. The Hall–Kier alpha value is -0.130. The average molecular weight is 221 g/mol. The van der Waals surface area contributed by atoms with Crippen molar-refractivity contribution in [2.75, 3.05) is 12.9 Å². The first-order valence-corrected chi connectivity index (χ1v) is 6.75. The van der Waals surface area contributed by atoms with Gasteiger partial charge in [-0.05, 0) is 25.7 Å². The second-order valence-corrected chi connectivity index (χ2v) is 5.68. The molecule has 4 nitrogen and oxygen atoms in total. The van der Waals surface area contributed by atoms with Crippen molar-refractivity contribution in [2.45, 2.75) is 44.8 Å². The van der Waals surface area contributed by atoms with E-state index in [1.165, 1.54) is 0 Å². The van der Waals surface area contributed by atoms with Gasteiger partial charge in [0.2, 0.25) is 10.0 Å². The molecule has 0 saturated heterocycles. The van der Waals surface area contributed by atoms with Gasteiger partial charge < -0.3 is 4.74 Å². The van der Waals surface area contributed by atoms with Gasteiger partial charge in [-0.15, -0.1) is 0 Å². The van der Waals surface area contributed by atoms with E-state index in [2.05, 4.69) is 4.72 Å². The third-order valence-electron chi connectivity index (χ3n) is 2.54. The first kappa shape index (κ1) is 11.9. The van der Waals surface area contributed by atoms with E-state index in [4.69, 9.17) is 4.74 Å². The molecule has 2 atom stereocenters. The Labute approximate surface area is 86.1 Å². The van der Waals surface area contributed by atoms with Gasteiger partial charge in [0, 0.05) is 13.2 Å². The van der Waals surface area contributed by atoms with Crippen molar-refractivity contribution >= 4 is 10.0 Å². The number of nitrogens with one attached hydrogen (secondary N) is 1. The zero-order valence-corrected chi connectivity index (χ0v) is 9.64. The molecule has 1 aliphatic rings. The molecule has 1 aliphatic carbocycles. The number of methoxy groups -OCH3 is 1. The predicted molar refractivity (Wildman–Crippen MR) is 55.6 cm³/mol. The Bertz CT molecular complexity index is 263. The van der Waals surface area contributed by atoms with Crippen LogP contribution in [-0.4, -0.2) is 33.4 Å². The second kappa shape index (κ2) is 5.09. The van der Waals surface area contributed by atoms with Gasteiger partial charge in [-0.2, -0.15) is 0 Å². The lowest BCUT2D eigenvalue weighted by molar-refractivity contribution is 0.107. The number of ether oxygens (including phenoxy) is 1. The van der Waals surface area contributed by atoms with Crippen molar-refractivity contribution in [3.63, 3.8) is 0 Å². The highest BCUT2D eigenvalue weighted by Gasteiger charge is 2.27. The fourth-order valence-electron chi connectivity index (χ4n) is 1.84. The van der Waals surface area contributed by atoms with Crippen molar-refractivity contribution in [3.8, 4) is 0 Å². The molecule has 84 valence electrons. The van der Waals surface area contributed by atoms with E-state index in [9.17, 15) is 8.42 Å². The lowest BCUT2D eigenvalue weighted by Crippen LogP contribution is -2.34. The van der Waals surface area contributed by atoms with Crippen LogP contribution in [0.15, 0.2) is 0 Å². The number of rotatable bonds is 5. The fraction of sp³-hybridized carbons (Fsp3) is 1.00. The molecule has 0 aliphatic heterocycles. The molecule has 0 amide bonds. The summed E-state index contributed by atoms with van der Waals surface area (Å²) >= 11 is 0. The number of hydrogen-bond donors (Lipinski definition) is 1.